The molecule has 398 valence electrons. The summed E-state index contributed by atoms with van der Waals surface area (Å²) in [7, 11) is 3.43. The van der Waals surface area contributed by atoms with Gasteiger partial charge in [-0.05, 0) is 187 Å². The first-order valence-electron chi connectivity index (χ1n) is 28.1. The number of rotatable bonds is 12. The summed E-state index contributed by atoms with van der Waals surface area (Å²) >= 11 is 0. The fourth-order valence-electron chi connectivity index (χ4n) is 13.3. The molecule has 3 heterocycles. The number of hydrogen-bond donors (Lipinski definition) is 0. The number of allylic oxidation sites excluding steroid dienone is 1. The number of anilines is 6. The molecule has 83 heavy (non-hydrogen) atoms. The van der Waals surface area contributed by atoms with Crippen molar-refractivity contribution in [1.29, 1.82) is 0 Å². The Morgan fingerprint density at radius 3 is 1.37 bits per heavy atom. The minimum Gasteiger partial charge on any atom is -0.497 e. The van der Waals surface area contributed by atoms with Crippen molar-refractivity contribution in [2.24, 2.45) is 0 Å². The van der Waals surface area contributed by atoms with Gasteiger partial charge in [-0.3, -0.25) is 0 Å². The van der Waals surface area contributed by atoms with Crippen LogP contribution in [0, 0.1) is 0 Å². The normalized spacial score (nSPS) is 12.7. The molecule has 0 saturated carbocycles. The summed E-state index contributed by atoms with van der Waals surface area (Å²) < 4.78 is 23.1. The quantitative estimate of drug-likeness (QED) is 0.122. The van der Waals surface area contributed by atoms with Crippen molar-refractivity contribution >= 4 is 79.0 Å². The molecule has 2 aliphatic rings. The molecule has 15 rings (SSSR count). The lowest BCUT2D eigenvalue weighted by molar-refractivity contribution is 0.414. The van der Waals surface area contributed by atoms with E-state index < -0.39 is 5.41 Å². The Morgan fingerprint density at radius 1 is 0.410 bits per heavy atom. The average molecular weight is 1070 g/mol. The van der Waals surface area contributed by atoms with Crippen LogP contribution in [0.3, 0.4) is 0 Å². The molecule has 0 atom stereocenters. The molecule has 0 bridgehead atoms. The number of para-hydroxylation sites is 5. The first kappa shape index (κ1) is 49.3. The summed E-state index contributed by atoms with van der Waals surface area (Å²) in [4.78, 5) is 4.76. The van der Waals surface area contributed by atoms with Gasteiger partial charge in [0.05, 0.1) is 41.9 Å². The Bertz CT molecular complexity index is 4660. The highest BCUT2D eigenvalue weighted by Gasteiger charge is 2.51. The van der Waals surface area contributed by atoms with Crippen LogP contribution in [0.15, 0.2) is 267 Å². The lowest BCUT2D eigenvalue weighted by Gasteiger charge is -2.40. The number of methoxy groups -OCH3 is 2. The van der Waals surface area contributed by atoms with E-state index in [9.17, 15) is 0 Å². The number of ether oxygens (including phenoxy) is 3. The van der Waals surface area contributed by atoms with E-state index in [1.807, 2.05) is 30.3 Å². The maximum Gasteiger partial charge on any atom is 0.132 e. The highest BCUT2D eigenvalue weighted by atomic mass is 16.5. The summed E-state index contributed by atoms with van der Waals surface area (Å²) in [6, 6.07) is 91.6. The van der Waals surface area contributed by atoms with Crippen molar-refractivity contribution in [2.75, 3.05) is 24.0 Å². The van der Waals surface area contributed by atoms with E-state index >= 15 is 0 Å². The van der Waals surface area contributed by atoms with E-state index in [0.29, 0.717) is 0 Å². The Hall–Kier alpha value is -10.8. The van der Waals surface area contributed by atoms with Crippen molar-refractivity contribution in [3.8, 4) is 45.5 Å². The molecule has 13 aromatic rings. The van der Waals surface area contributed by atoms with Crippen LogP contribution in [0.5, 0.6) is 23.0 Å². The predicted molar refractivity (Wildman–Crippen MR) is 342 cm³/mol. The van der Waals surface area contributed by atoms with Crippen molar-refractivity contribution in [3.05, 3.63) is 301 Å². The zero-order valence-electron chi connectivity index (χ0n) is 46.2. The average Bonchev–Trinajstić information content (AvgIpc) is 2.20. The Balaban J connectivity index is 0.964. The standard InChI is InChI=1S/C76H56N4O3/c1-5-19-70-60(6-2)64-46-54(36-44-72(64)79(70)50-20-9-7-10-21-50)77(52-30-38-58(81-3)39-31-52)56-34-42-61-62-43-35-57(49-69(62)76(68(61)48-56)66-25-14-17-28-74(66)83-75-29-18-15-26-67(75)76)78(53-32-40-59(82-4)41-33-53)55-37-45-73-65(47-55)63-24-13-16-27-71(63)80(73)51-22-11-8-12-23-51/h5-49H,2H2,1,3-4H3/b19-5-. The van der Waals surface area contributed by atoms with Gasteiger partial charge in [-0.25, -0.2) is 0 Å². The largest absolute Gasteiger partial charge is 0.497 e. The number of aromatic nitrogens is 2. The van der Waals surface area contributed by atoms with Gasteiger partial charge in [-0.2, -0.15) is 0 Å². The highest BCUT2D eigenvalue weighted by molar-refractivity contribution is 6.11. The number of nitrogens with zero attached hydrogens (tertiary/aromatic N) is 4. The molecule has 7 heteroatoms. The number of hydrogen-bond acceptors (Lipinski definition) is 5. The van der Waals surface area contributed by atoms with Crippen LogP contribution in [0.4, 0.5) is 34.1 Å². The van der Waals surface area contributed by atoms with E-state index in [4.69, 9.17) is 14.2 Å². The van der Waals surface area contributed by atoms with Gasteiger partial charge >= 0.3 is 0 Å². The second-order valence-electron chi connectivity index (χ2n) is 21.1. The van der Waals surface area contributed by atoms with Gasteiger partial charge in [0.2, 0.25) is 0 Å². The SMILES string of the molecule is C=Cc1c(/C=C\C)n(-c2ccccc2)c2ccc(N(c3ccc(OC)cc3)c3ccc4c(c3)C3(c5ccccc5Oc5ccccc53)c3cc(N(c5ccc(OC)cc5)c5ccc6c(c5)c5ccccc5n6-c5ccccc5)ccc3-4)cc12. The first-order valence-corrected chi connectivity index (χ1v) is 28.1. The summed E-state index contributed by atoms with van der Waals surface area (Å²) in [5, 5.41) is 3.45. The molecule has 0 N–H and O–H groups in total. The second kappa shape index (κ2) is 19.8. The monoisotopic (exact) mass is 1070 g/mol. The van der Waals surface area contributed by atoms with Crippen LogP contribution in [0.1, 0.15) is 40.4 Å². The molecule has 1 aliphatic carbocycles. The van der Waals surface area contributed by atoms with Gasteiger partial charge in [0.1, 0.15) is 23.0 Å². The van der Waals surface area contributed by atoms with Crippen molar-refractivity contribution < 1.29 is 14.2 Å². The minimum atomic E-state index is -0.819. The van der Waals surface area contributed by atoms with E-state index in [1.54, 1.807) is 14.2 Å². The van der Waals surface area contributed by atoms with E-state index in [1.165, 1.54) is 10.8 Å². The minimum absolute atomic E-state index is 0.783. The number of benzene rings is 11. The van der Waals surface area contributed by atoms with Crippen LogP contribution < -0.4 is 24.0 Å². The topological polar surface area (TPSA) is 44.0 Å². The fourth-order valence-corrected chi connectivity index (χ4v) is 13.3. The van der Waals surface area contributed by atoms with Gasteiger partial charge in [0.25, 0.3) is 0 Å². The molecule has 2 aromatic heterocycles. The second-order valence-corrected chi connectivity index (χ2v) is 21.1. The Labute approximate surface area is 482 Å². The number of fused-ring (bicyclic) bond motifs is 13. The fraction of sp³-hybridized carbons (Fsp3) is 0.0526. The zero-order chi connectivity index (χ0) is 55.8. The lowest BCUT2D eigenvalue weighted by atomic mass is 9.66. The van der Waals surface area contributed by atoms with E-state index in [0.717, 1.165) is 135 Å². The first-order chi connectivity index (χ1) is 41.0. The summed E-state index contributed by atoms with van der Waals surface area (Å²) in [6.45, 7) is 6.45. The highest BCUT2D eigenvalue weighted by Crippen LogP contribution is 2.63. The lowest BCUT2D eigenvalue weighted by Crippen LogP contribution is -2.32. The van der Waals surface area contributed by atoms with Crippen molar-refractivity contribution in [2.45, 2.75) is 12.3 Å². The molecule has 1 aliphatic heterocycles. The molecule has 11 aromatic carbocycles. The maximum atomic E-state index is 6.94. The third-order valence-corrected chi connectivity index (χ3v) is 16.8. The van der Waals surface area contributed by atoms with Gasteiger partial charge in [-0.15, -0.1) is 0 Å². The summed E-state index contributed by atoms with van der Waals surface area (Å²) in [5.41, 5.74) is 19.7. The van der Waals surface area contributed by atoms with Gasteiger partial charge in [-0.1, -0.05) is 122 Å². The maximum absolute atomic E-state index is 6.94. The van der Waals surface area contributed by atoms with Crippen LogP contribution >= 0.6 is 0 Å². The van der Waals surface area contributed by atoms with Gasteiger partial charge < -0.3 is 33.1 Å². The van der Waals surface area contributed by atoms with Crippen molar-refractivity contribution in [3.63, 3.8) is 0 Å². The van der Waals surface area contributed by atoms with Crippen molar-refractivity contribution in [1.82, 2.24) is 9.13 Å². The van der Waals surface area contributed by atoms with Gasteiger partial charge in [0, 0.05) is 78.3 Å². The third kappa shape index (κ3) is 7.65. The molecular weight excluding hydrogens is 1020 g/mol. The predicted octanol–water partition coefficient (Wildman–Crippen LogP) is 19.8. The summed E-state index contributed by atoms with van der Waals surface area (Å²) in [5.74, 6) is 3.22. The molecule has 7 nitrogen and oxygen atoms in total. The van der Waals surface area contributed by atoms with Crippen LogP contribution in [-0.2, 0) is 5.41 Å². The van der Waals surface area contributed by atoms with E-state index in [2.05, 4.69) is 275 Å². The van der Waals surface area contributed by atoms with Crippen LogP contribution in [0.2, 0.25) is 0 Å². The Morgan fingerprint density at radius 2 is 0.843 bits per heavy atom. The molecule has 0 fully saturated rings. The molecule has 0 radical (unpaired) electrons. The molecular formula is C76H56N4O3. The van der Waals surface area contributed by atoms with Crippen LogP contribution in [0.25, 0.3) is 67.4 Å². The molecule has 1 spiro atoms. The Kier molecular flexibility index (Phi) is 11.8. The van der Waals surface area contributed by atoms with E-state index in [-0.39, 0.29) is 0 Å². The molecule has 0 saturated heterocycles. The van der Waals surface area contributed by atoms with Crippen LogP contribution in [-0.4, -0.2) is 23.4 Å². The molecule has 0 amide bonds. The van der Waals surface area contributed by atoms with Gasteiger partial charge in [0.15, 0.2) is 0 Å². The summed E-state index contributed by atoms with van der Waals surface area (Å²) in [6.07, 6.45) is 6.27. The molecule has 0 unspecified atom stereocenters. The smallest absolute Gasteiger partial charge is 0.132 e. The zero-order valence-corrected chi connectivity index (χ0v) is 46.2. The third-order valence-electron chi connectivity index (χ3n) is 16.8.